The number of ketones is 1. The molecule has 5 unspecified atom stereocenters. The summed E-state index contributed by atoms with van der Waals surface area (Å²) in [5.74, 6) is -0.336. The summed E-state index contributed by atoms with van der Waals surface area (Å²) in [6, 6.07) is 4.94. The lowest BCUT2D eigenvalue weighted by Crippen LogP contribution is -2.61. The Morgan fingerprint density at radius 2 is 2.00 bits per heavy atom. The number of aryl methyl sites for hydroxylation is 1. The summed E-state index contributed by atoms with van der Waals surface area (Å²) < 4.78 is 5.14. The van der Waals surface area contributed by atoms with Crippen molar-refractivity contribution in [2.45, 2.75) is 57.7 Å². The van der Waals surface area contributed by atoms with Crippen LogP contribution in [0, 0.1) is 27.4 Å². The zero-order valence-electron chi connectivity index (χ0n) is 15.8. The summed E-state index contributed by atoms with van der Waals surface area (Å²) in [5, 5.41) is 22.1. The van der Waals surface area contributed by atoms with Gasteiger partial charge in [0.1, 0.15) is 23.2 Å². The Hall–Kier alpha value is -2.48. The van der Waals surface area contributed by atoms with E-state index in [4.69, 9.17) is 9.57 Å². The van der Waals surface area contributed by atoms with E-state index in [1.54, 1.807) is 18.2 Å². The fourth-order valence-electron chi connectivity index (χ4n) is 5.82. The fourth-order valence-corrected chi connectivity index (χ4v) is 5.82. The van der Waals surface area contributed by atoms with Crippen LogP contribution < -0.4 is 4.74 Å². The first-order valence-electron chi connectivity index (χ1n) is 9.55. The summed E-state index contributed by atoms with van der Waals surface area (Å²) >= 11 is 0. The molecule has 2 fully saturated rings. The Morgan fingerprint density at radius 1 is 1.29 bits per heavy atom. The van der Waals surface area contributed by atoms with E-state index in [9.17, 15) is 24.8 Å². The molecule has 1 N–H and O–H groups in total. The highest BCUT2D eigenvalue weighted by Crippen LogP contribution is 2.62. The minimum Gasteiger partial charge on any atom is -0.427 e. The molecule has 150 valence electrons. The number of Topliss-reactive ketones (excluding diaryl/α,β-unsaturated/α-hetero) is 1. The van der Waals surface area contributed by atoms with E-state index in [1.165, 1.54) is 6.92 Å². The normalized spacial score (nSPS) is 36.1. The fraction of sp³-hybridized carbons (Fsp3) is 0.600. The van der Waals surface area contributed by atoms with Gasteiger partial charge in [0.15, 0.2) is 0 Å². The number of carbonyl (C=O) groups excluding carboxylic acids is 2. The summed E-state index contributed by atoms with van der Waals surface area (Å²) in [5.41, 5.74) is -0.938. The quantitative estimate of drug-likeness (QED) is 0.365. The molecule has 2 saturated carbocycles. The average Bonchev–Trinajstić information content (AvgIpc) is 2.89. The summed E-state index contributed by atoms with van der Waals surface area (Å²) in [4.78, 5) is 40.0. The van der Waals surface area contributed by atoms with Crippen LogP contribution in [-0.4, -0.2) is 28.0 Å². The van der Waals surface area contributed by atoms with Gasteiger partial charge in [-0.15, -0.1) is 10.1 Å². The molecular weight excluding hydrogens is 366 g/mol. The van der Waals surface area contributed by atoms with E-state index in [1.807, 2.05) is 6.92 Å². The average molecular weight is 389 g/mol. The molecule has 0 bridgehead atoms. The minimum atomic E-state index is -1.57. The van der Waals surface area contributed by atoms with Crippen LogP contribution in [0.4, 0.5) is 0 Å². The topological polar surface area (TPSA) is 116 Å². The first-order chi connectivity index (χ1) is 13.2. The number of benzene rings is 1. The van der Waals surface area contributed by atoms with Crippen LogP contribution in [0.3, 0.4) is 0 Å². The van der Waals surface area contributed by atoms with Gasteiger partial charge in [0.05, 0.1) is 0 Å². The summed E-state index contributed by atoms with van der Waals surface area (Å²) in [6.45, 7) is 3.16. The number of hydrogen-bond acceptors (Lipinski definition) is 7. The van der Waals surface area contributed by atoms with E-state index in [0.717, 1.165) is 5.56 Å². The van der Waals surface area contributed by atoms with Crippen molar-refractivity contribution in [3.63, 3.8) is 0 Å². The lowest BCUT2D eigenvalue weighted by molar-refractivity contribution is -0.775. The molecule has 3 aliphatic carbocycles. The van der Waals surface area contributed by atoms with E-state index in [2.05, 4.69) is 0 Å². The van der Waals surface area contributed by atoms with Gasteiger partial charge in [0.25, 0.3) is 5.09 Å². The van der Waals surface area contributed by atoms with Crippen LogP contribution in [-0.2, 0) is 26.4 Å². The predicted octanol–water partition coefficient (Wildman–Crippen LogP) is 2.33. The second-order valence-corrected chi connectivity index (χ2v) is 8.39. The molecule has 8 heteroatoms. The SMILES string of the molecule is CC(=O)Oc1ccc2c(c1)CCC1C3CCC(=O)C3(C)CC(O[N+](=O)[O-])C21O. The van der Waals surface area contributed by atoms with E-state index >= 15 is 0 Å². The molecule has 3 aliphatic rings. The van der Waals surface area contributed by atoms with Crippen molar-refractivity contribution >= 4 is 11.8 Å². The molecule has 0 aromatic heterocycles. The lowest BCUT2D eigenvalue weighted by Gasteiger charge is -2.55. The number of rotatable bonds is 3. The zero-order chi connectivity index (χ0) is 20.3. The molecule has 1 aromatic carbocycles. The minimum absolute atomic E-state index is 0.0436. The molecule has 28 heavy (non-hydrogen) atoms. The third kappa shape index (κ3) is 2.62. The number of aliphatic hydroxyl groups is 1. The van der Waals surface area contributed by atoms with Crippen LogP contribution in [0.5, 0.6) is 5.75 Å². The molecule has 8 nitrogen and oxygen atoms in total. The van der Waals surface area contributed by atoms with Crippen LogP contribution in [0.15, 0.2) is 18.2 Å². The molecule has 5 atom stereocenters. The maximum absolute atomic E-state index is 12.6. The molecule has 0 amide bonds. The highest BCUT2D eigenvalue weighted by Gasteiger charge is 2.65. The van der Waals surface area contributed by atoms with Crippen molar-refractivity contribution in [3.8, 4) is 5.75 Å². The maximum atomic E-state index is 12.6. The van der Waals surface area contributed by atoms with Gasteiger partial charge in [-0.05, 0) is 60.8 Å². The molecular formula is C20H23NO7. The second-order valence-electron chi connectivity index (χ2n) is 8.39. The van der Waals surface area contributed by atoms with Gasteiger partial charge in [-0.3, -0.25) is 9.59 Å². The predicted molar refractivity (Wildman–Crippen MR) is 95.8 cm³/mol. The van der Waals surface area contributed by atoms with E-state index in [0.29, 0.717) is 37.0 Å². The van der Waals surface area contributed by atoms with Gasteiger partial charge in [-0.2, -0.15) is 0 Å². The van der Waals surface area contributed by atoms with Crippen molar-refractivity contribution < 1.29 is 29.4 Å². The number of carbonyl (C=O) groups is 2. The van der Waals surface area contributed by atoms with Crippen LogP contribution in [0.1, 0.15) is 50.7 Å². The highest BCUT2D eigenvalue weighted by molar-refractivity contribution is 5.87. The van der Waals surface area contributed by atoms with Crippen molar-refractivity contribution in [1.82, 2.24) is 0 Å². The molecule has 0 saturated heterocycles. The molecule has 1 aromatic rings. The number of esters is 1. The van der Waals surface area contributed by atoms with E-state index in [-0.39, 0.29) is 24.0 Å². The Kier molecular flexibility index (Phi) is 4.22. The molecule has 4 rings (SSSR count). The maximum Gasteiger partial charge on any atom is 0.308 e. The van der Waals surface area contributed by atoms with E-state index < -0.39 is 28.2 Å². The number of hydrogen-bond donors (Lipinski definition) is 1. The smallest absolute Gasteiger partial charge is 0.308 e. The molecule has 0 spiro atoms. The van der Waals surface area contributed by atoms with Crippen molar-refractivity contribution in [3.05, 3.63) is 39.4 Å². The van der Waals surface area contributed by atoms with Crippen LogP contribution in [0.25, 0.3) is 0 Å². The van der Waals surface area contributed by atoms with Gasteiger partial charge in [-0.25, -0.2) is 0 Å². The van der Waals surface area contributed by atoms with Crippen LogP contribution >= 0.6 is 0 Å². The monoisotopic (exact) mass is 389 g/mol. The third-order valence-electron chi connectivity index (χ3n) is 7.00. The van der Waals surface area contributed by atoms with Crippen molar-refractivity contribution in [1.29, 1.82) is 0 Å². The van der Waals surface area contributed by atoms with Crippen molar-refractivity contribution in [2.24, 2.45) is 17.3 Å². The molecule has 0 heterocycles. The lowest BCUT2D eigenvalue weighted by atomic mass is 9.52. The van der Waals surface area contributed by atoms with Crippen molar-refractivity contribution in [2.75, 3.05) is 0 Å². The Bertz CT molecular complexity index is 868. The molecule has 0 radical (unpaired) electrons. The zero-order valence-corrected chi connectivity index (χ0v) is 15.8. The highest BCUT2D eigenvalue weighted by atomic mass is 17.0. The van der Waals surface area contributed by atoms with Crippen LogP contribution in [0.2, 0.25) is 0 Å². The Balaban J connectivity index is 1.81. The standard InChI is InChI=1S/C20H23NO7/c1-11(22)27-13-4-6-14-12(9-13)3-5-16-15-7-8-17(23)19(15,2)10-18(20(14,16)24)28-21(25)26/h4,6,9,15-16,18,24H,3,5,7-8,10H2,1-2H3. The van der Waals surface area contributed by atoms with Gasteiger partial charge in [0.2, 0.25) is 0 Å². The molecule has 0 aliphatic heterocycles. The Labute approximate surface area is 161 Å². The number of nitrogens with zero attached hydrogens (tertiary/aromatic N) is 1. The van der Waals surface area contributed by atoms with Gasteiger partial charge >= 0.3 is 5.97 Å². The number of ether oxygens (including phenoxy) is 1. The summed E-state index contributed by atoms with van der Waals surface area (Å²) in [6.07, 6.45) is 1.29. The summed E-state index contributed by atoms with van der Waals surface area (Å²) in [7, 11) is 0. The van der Waals surface area contributed by atoms with Gasteiger partial charge < -0.3 is 14.7 Å². The third-order valence-corrected chi connectivity index (χ3v) is 7.00. The first kappa shape index (κ1) is 18.9. The largest absolute Gasteiger partial charge is 0.427 e. The van der Waals surface area contributed by atoms with Gasteiger partial charge in [-0.1, -0.05) is 13.0 Å². The Morgan fingerprint density at radius 3 is 2.68 bits per heavy atom. The first-order valence-corrected chi connectivity index (χ1v) is 9.55. The second kappa shape index (κ2) is 6.27. The van der Waals surface area contributed by atoms with Gasteiger partial charge in [0, 0.05) is 18.8 Å². The number of fused-ring (bicyclic) bond motifs is 5.